The maximum absolute atomic E-state index is 2.63. The molecule has 2 aliphatic rings. The van der Waals surface area contributed by atoms with Crippen LogP contribution in [0.4, 0.5) is 0 Å². The molecule has 84 valence electrons. The quantitative estimate of drug-likeness (QED) is 0.525. The SMILES string of the molecule is CC(C)C1CS2(CCCCC2)CN1I. The van der Waals surface area contributed by atoms with Gasteiger partial charge >= 0.3 is 0 Å². The van der Waals surface area contributed by atoms with Crippen molar-refractivity contribution in [2.45, 2.75) is 39.2 Å². The molecule has 0 aliphatic carbocycles. The molecule has 0 bridgehead atoms. The Hall–Kier alpha value is 1.04. The molecule has 1 atom stereocenters. The number of nitrogens with zero attached hydrogens (tertiary/aromatic N) is 1. The van der Waals surface area contributed by atoms with Crippen molar-refractivity contribution in [3.05, 3.63) is 0 Å². The first-order valence-electron chi connectivity index (χ1n) is 5.79. The molecular formula is C11H22INS. The third-order valence-corrected chi connectivity index (χ3v) is 9.41. The predicted octanol–water partition coefficient (Wildman–Crippen LogP) is 3.62. The lowest BCUT2D eigenvalue weighted by molar-refractivity contribution is 0.379. The fourth-order valence-corrected chi connectivity index (χ4v) is 10.2. The normalized spacial score (nSPS) is 35.3. The van der Waals surface area contributed by atoms with Gasteiger partial charge in [-0.05, 0) is 36.0 Å². The van der Waals surface area contributed by atoms with E-state index < -0.39 is 0 Å². The number of halogens is 1. The van der Waals surface area contributed by atoms with Crippen LogP contribution < -0.4 is 0 Å². The van der Waals surface area contributed by atoms with Gasteiger partial charge < -0.3 is 0 Å². The van der Waals surface area contributed by atoms with Gasteiger partial charge in [0.2, 0.25) is 0 Å². The molecule has 0 N–H and O–H groups in total. The minimum absolute atomic E-state index is 0.187. The van der Waals surface area contributed by atoms with Crippen LogP contribution in [0.5, 0.6) is 0 Å². The van der Waals surface area contributed by atoms with Crippen molar-refractivity contribution in [1.29, 1.82) is 0 Å². The second kappa shape index (κ2) is 4.50. The maximum atomic E-state index is 2.63. The summed E-state index contributed by atoms with van der Waals surface area (Å²) in [6.45, 7) is 4.77. The Bertz CT molecular complexity index is 201. The summed E-state index contributed by atoms with van der Waals surface area (Å²) in [4.78, 5) is 0. The summed E-state index contributed by atoms with van der Waals surface area (Å²) in [5, 5.41) is 0. The summed E-state index contributed by atoms with van der Waals surface area (Å²) >= 11 is 2.58. The molecule has 1 nitrogen and oxygen atoms in total. The Labute approximate surface area is 104 Å². The van der Waals surface area contributed by atoms with E-state index in [-0.39, 0.29) is 10.0 Å². The first-order chi connectivity index (χ1) is 6.63. The standard InChI is InChI=1S/C11H22INS/c1-10(2)11-8-14(9-13(11)12)6-4-3-5-7-14/h10-11H,3-9H2,1-2H3. The third-order valence-electron chi connectivity index (χ3n) is 3.71. The Morgan fingerprint density at radius 3 is 2.36 bits per heavy atom. The van der Waals surface area contributed by atoms with E-state index in [0.717, 1.165) is 12.0 Å². The average molecular weight is 327 g/mol. The highest BCUT2D eigenvalue weighted by molar-refractivity contribution is 14.1. The van der Waals surface area contributed by atoms with Gasteiger partial charge in [0.1, 0.15) is 0 Å². The van der Waals surface area contributed by atoms with Crippen molar-refractivity contribution in [3.8, 4) is 0 Å². The predicted molar refractivity (Wildman–Crippen MR) is 75.4 cm³/mol. The van der Waals surface area contributed by atoms with Crippen LogP contribution in [0.2, 0.25) is 0 Å². The van der Waals surface area contributed by atoms with Crippen LogP contribution in [0.25, 0.3) is 0 Å². The number of hydrogen-bond acceptors (Lipinski definition) is 1. The van der Waals surface area contributed by atoms with E-state index in [1.54, 1.807) is 17.3 Å². The van der Waals surface area contributed by atoms with Gasteiger partial charge in [0.15, 0.2) is 0 Å². The lowest BCUT2D eigenvalue weighted by atomic mass is 10.1. The molecule has 2 saturated heterocycles. The molecule has 1 spiro atoms. The van der Waals surface area contributed by atoms with Crippen LogP contribution in [0.15, 0.2) is 0 Å². The third kappa shape index (κ3) is 2.24. The molecule has 2 fully saturated rings. The maximum Gasteiger partial charge on any atom is 0.0389 e. The van der Waals surface area contributed by atoms with E-state index in [1.807, 2.05) is 0 Å². The van der Waals surface area contributed by atoms with Gasteiger partial charge in [0.05, 0.1) is 0 Å². The van der Waals surface area contributed by atoms with Gasteiger partial charge in [-0.25, -0.2) is 13.1 Å². The second-order valence-corrected chi connectivity index (χ2v) is 10.3. The monoisotopic (exact) mass is 327 g/mol. The van der Waals surface area contributed by atoms with Gasteiger partial charge in [-0.1, -0.05) is 20.3 Å². The smallest absolute Gasteiger partial charge is 0.0389 e. The fourth-order valence-electron chi connectivity index (χ4n) is 2.76. The Morgan fingerprint density at radius 2 is 1.86 bits per heavy atom. The number of hydrogen-bond donors (Lipinski definition) is 0. The van der Waals surface area contributed by atoms with Crippen LogP contribution in [-0.2, 0) is 0 Å². The van der Waals surface area contributed by atoms with Crippen LogP contribution in [0.1, 0.15) is 33.1 Å². The highest BCUT2D eigenvalue weighted by atomic mass is 127. The summed E-state index contributed by atoms with van der Waals surface area (Å²) in [5.41, 5.74) is 0. The Balaban J connectivity index is 2.03. The first-order valence-corrected chi connectivity index (χ1v) is 9.07. The molecule has 0 aromatic rings. The topological polar surface area (TPSA) is 3.24 Å². The Morgan fingerprint density at radius 1 is 1.21 bits per heavy atom. The zero-order chi connectivity index (χ0) is 10.2. The highest BCUT2D eigenvalue weighted by Crippen LogP contribution is 2.59. The minimum atomic E-state index is -0.187. The molecule has 2 rings (SSSR count). The molecule has 1 unspecified atom stereocenters. The molecule has 2 heterocycles. The van der Waals surface area contributed by atoms with E-state index in [0.29, 0.717) is 0 Å². The van der Waals surface area contributed by atoms with E-state index in [2.05, 4.69) is 39.8 Å². The molecule has 2 aliphatic heterocycles. The average Bonchev–Trinajstić information content (AvgIpc) is 2.44. The summed E-state index contributed by atoms with van der Waals surface area (Å²) in [6, 6.07) is 0.878. The zero-order valence-electron chi connectivity index (χ0n) is 9.34. The molecule has 0 aromatic heterocycles. The summed E-state index contributed by atoms with van der Waals surface area (Å²) in [6.07, 6.45) is 4.54. The molecule has 0 saturated carbocycles. The van der Waals surface area contributed by atoms with Gasteiger partial charge in [-0.2, -0.15) is 0 Å². The summed E-state index contributed by atoms with van der Waals surface area (Å²) in [5.74, 6) is 7.00. The van der Waals surface area contributed by atoms with Gasteiger partial charge in [0.25, 0.3) is 0 Å². The molecule has 14 heavy (non-hydrogen) atoms. The molecule has 0 radical (unpaired) electrons. The van der Waals surface area contributed by atoms with Crippen LogP contribution in [-0.4, -0.2) is 32.3 Å². The Kier molecular flexibility index (Phi) is 3.70. The van der Waals surface area contributed by atoms with E-state index in [4.69, 9.17) is 0 Å². The van der Waals surface area contributed by atoms with Gasteiger partial charge in [-0.3, -0.25) is 0 Å². The van der Waals surface area contributed by atoms with E-state index in [1.165, 1.54) is 25.1 Å². The van der Waals surface area contributed by atoms with E-state index in [9.17, 15) is 0 Å². The minimum Gasteiger partial charge on any atom is -0.235 e. The lowest BCUT2D eigenvalue weighted by Gasteiger charge is -2.39. The fraction of sp³-hybridized carbons (Fsp3) is 1.00. The number of rotatable bonds is 1. The van der Waals surface area contributed by atoms with Gasteiger partial charge in [0, 0.05) is 34.8 Å². The first kappa shape index (κ1) is 11.5. The zero-order valence-corrected chi connectivity index (χ0v) is 12.3. The van der Waals surface area contributed by atoms with Crippen molar-refractivity contribution < 1.29 is 0 Å². The van der Waals surface area contributed by atoms with Crippen LogP contribution >= 0.6 is 32.9 Å². The van der Waals surface area contributed by atoms with Crippen LogP contribution in [0, 0.1) is 5.92 Å². The van der Waals surface area contributed by atoms with Crippen molar-refractivity contribution in [3.63, 3.8) is 0 Å². The van der Waals surface area contributed by atoms with Crippen molar-refractivity contribution in [1.82, 2.24) is 3.11 Å². The summed E-state index contributed by atoms with van der Waals surface area (Å²) < 4.78 is 2.63. The summed E-state index contributed by atoms with van der Waals surface area (Å²) in [7, 11) is -0.187. The molecular weight excluding hydrogens is 305 g/mol. The second-order valence-electron chi connectivity index (χ2n) is 5.20. The lowest BCUT2D eigenvalue weighted by Crippen LogP contribution is -2.27. The van der Waals surface area contributed by atoms with E-state index >= 15 is 0 Å². The largest absolute Gasteiger partial charge is 0.235 e. The molecule has 0 amide bonds. The van der Waals surface area contributed by atoms with Crippen molar-refractivity contribution in [2.24, 2.45) is 5.92 Å². The molecule has 3 heteroatoms. The van der Waals surface area contributed by atoms with Crippen molar-refractivity contribution >= 4 is 32.9 Å². The molecule has 0 aromatic carbocycles. The van der Waals surface area contributed by atoms with Gasteiger partial charge in [-0.15, -0.1) is 0 Å². The van der Waals surface area contributed by atoms with Crippen LogP contribution in [0.3, 0.4) is 0 Å². The van der Waals surface area contributed by atoms with Crippen molar-refractivity contribution in [2.75, 3.05) is 23.1 Å². The highest BCUT2D eigenvalue weighted by Gasteiger charge is 2.40.